The van der Waals surface area contributed by atoms with E-state index in [1.165, 1.54) is 49.8 Å². The van der Waals surface area contributed by atoms with E-state index in [-0.39, 0.29) is 0 Å². The van der Waals surface area contributed by atoms with Gasteiger partial charge in [-0.05, 0) is 37.1 Å². The van der Waals surface area contributed by atoms with Crippen LogP contribution in [0.3, 0.4) is 0 Å². The summed E-state index contributed by atoms with van der Waals surface area (Å²) < 4.78 is 0. The van der Waals surface area contributed by atoms with E-state index in [0.717, 1.165) is 13.1 Å². The Kier molecular flexibility index (Phi) is 5.53. The highest BCUT2D eigenvalue weighted by molar-refractivity contribution is 5.46. The molecule has 0 unspecified atom stereocenters. The third-order valence-corrected chi connectivity index (χ3v) is 3.73. The maximum atomic E-state index is 3.71. The van der Waals surface area contributed by atoms with Gasteiger partial charge in [-0.25, -0.2) is 0 Å². The summed E-state index contributed by atoms with van der Waals surface area (Å²) in [7, 11) is 0. The average Bonchev–Trinajstić information content (AvgIpc) is 2.65. The van der Waals surface area contributed by atoms with Crippen molar-refractivity contribution < 1.29 is 0 Å². The van der Waals surface area contributed by atoms with Crippen molar-refractivity contribution in [2.45, 2.75) is 58.0 Å². The van der Waals surface area contributed by atoms with Gasteiger partial charge in [0.25, 0.3) is 0 Å². The molecule has 0 aromatic heterocycles. The maximum Gasteiger partial charge on any atom is 0.0345 e. The molecule has 100 valence electrons. The van der Waals surface area contributed by atoms with E-state index in [2.05, 4.69) is 41.8 Å². The molecule has 2 nitrogen and oxygen atoms in total. The van der Waals surface area contributed by atoms with Crippen molar-refractivity contribution in [1.82, 2.24) is 5.32 Å². The molecule has 0 atom stereocenters. The third-order valence-electron chi connectivity index (χ3n) is 3.73. The predicted molar refractivity (Wildman–Crippen MR) is 78.9 cm³/mol. The summed E-state index contributed by atoms with van der Waals surface area (Å²) in [6, 6.07) is 9.52. The molecule has 1 aromatic carbocycles. The normalized spacial score (nSPS) is 17.4. The van der Waals surface area contributed by atoms with Crippen molar-refractivity contribution in [2.75, 3.05) is 11.9 Å². The highest BCUT2D eigenvalue weighted by atomic mass is 14.9. The second-order valence-electron chi connectivity index (χ2n) is 5.31. The topological polar surface area (TPSA) is 24.1 Å². The fourth-order valence-electron chi connectivity index (χ4n) is 2.70. The lowest BCUT2D eigenvalue weighted by atomic mass is 10.1. The van der Waals surface area contributed by atoms with E-state index in [9.17, 15) is 0 Å². The standard InChI is InChI=1S/C16H26N2/c1-2-17-13-14-8-7-11-16(12-14)18-15-9-5-3-4-6-10-15/h7-8,11-12,15,17-18H,2-6,9-10,13H2,1H3. The Bertz CT molecular complexity index is 341. The minimum atomic E-state index is 0.682. The minimum absolute atomic E-state index is 0.682. The lowest BCUT2D eigenvalue weighted by Gasteiger charge is -2.18. The fourth-order valence-corrected chi connectivity index (χ4v) is 2.70. The van der Waals surface area contributed by atoms with Crippen molar-refractivity contribution in [3.63, 3.8) is 0 Å². The first kappa shape index (κ1) is 13.4. The molecular formula is C16H26N2. The molecule has 0 aliphatic heterocycles. The lowest BCUT2D eigenvalue weighted by molar-refractivity contribution is 0.620. The van der Waals surface area contributed by atoms with Gasteiger partial charge in [-0.15, -0.1) is 0 Å². The number of nitrogens with one attached hydrogen (secondary N) is 2. The van der Waals surface area contributed by atoms with Crippen molar-refractivity contribution in [2.24, 2.45) is 0 Å². The van der Waals surface area contributed by atoms with Crippen molar-refractivity contribution >= 4 is 5.69 Å². The Morgan fingerprint density at radius 3 is 2.61 bits per heavy atom. The molecule has 1 aliphatic carbocycles. The van der Waals surface area contributed by atoms with E-state index >= 15 is 0 Å². The van der Waals surface area contributed by atoms with Crippen molar-refractivity contribution in [3.05, 3.63) is 29.8 Å². The first-order valence-corrected chi connectivity index (χ1v) is 7.44. The molecular weight excluding hydrogens is 220 g/mol. The van der Waals surface area contributed by atoms with Crippen LogP contribution in [-0.2, 0) is 6.54 Å². The quantitative estimate of drug-likeness (QED) is 0.769. The zero-order valence-electron chi connectivity index (χ0n) is 11.5. The smallest absolute Gasteiger partial charge is 0.0345 e. The second-order valence-corrected chi connectivity index (χ2v) is 5.31. The summed E-state index contributed by atoms with van der Waals surface area (Å²) in [6.07, 6.45) is 8.26. The number of hydrogen-bond donors (Lipinski definition) is 2. The molecule has 1 saturated carbocycles. The second kappa shape index (κ2) is 7.42. The molecule has 18 heavy (non-hydrogen) atoms. The minimum Gasteiger partial charge on any atom is -0.382 e. The zero-order chi connectivity index (χ0) is 12.6. The highest BCUT2D eigenvalue weighted by Gasteiger charge is 2.11. The van der Waals surface area contributed by atoms with Crippen LogP contribution in [0.15, 0.2) is 24.3 Å². The van der Waals surface area contributed by atoms with Gasteiger partial charge >= 0.3 is 0 Å². The Labute approximate surface area is 111 Å². The summed E-state index contributed by atoms with van der Waals surface area (Å²) in [6.45, 7) is 4.14. The molecule has 2 rings (SSSR count). The summed E-state index contributed by atoms with van der Waals surface area (Å²) >= 11 is 0. The van der Waals surface area contributed by atoms with Crippen LogP contribution in [0, 0.1) is 0 Å². The molecule has 0 heterocycles. The van der Waals surface area contributed by atoms with Crippen LogP contribution >= 0.6 is 0 Å². The molecule has 1 aromatic rings. The Hall–Kier alpha value is -1.02. The summed E-state index contributed by atoms with van der Waals surface area (Å²) in [5.41, 5.74) is 2.66. The highest BCUT2D eigenvalue weighted by Crippen LogP contribution is 2.21. The lowest BCUT2D eigenvalue weighted by Crippen LogP contribution is -2.18. The van der Waals surface area contributed by atoms with E-state index in [1.54, 1.807) is 0 Å². The maximum absolute atomic E-state index is 3.71. The van der Waals surface area contributed by atoms with Gasteiger partial charge < -0.3 is 10.6 Å². The van der Waals surface area contributed by atoms with Crippen LogP contribution in [-0.4, -0.2) is 12.6 Å². The van der Waals surface area contributed by atoms with E-state index in [1.807, 2.05) is 0 Å². The molecule has 0 radical (unpaired) electrons. The van der Waals surface area contributed by atoms with Gasteiger partial charge in [-0.2, -0.15) is 0 Å². The largest absolute Gasteiger partial charge is 0.382 e. The molecule has 0 amide bonds. The van der Waals surface area contributed by atoms with E-state index in [4.69, 9.17) is 0 Å². The van der Waals surface area contributed by atoms with Gasteiger partial charge in [-0.1, -0.05) is 44.7 Å². The van der Waals surface area contributed by atoms with Gasteiger partial charge in [0.1, 0.15) is 0 Å². The molecule has 1 fully saturated rings. The van der Waals surface area contributed by atoms with E-state index < -0.39 is 0 Å². The van der Waals surface area contributed by atoms with Crippen LogP contribution in [0.2, 0.25) is 0 Å². The number of anilines is 1. The van der Waals surface area contributed by atoms with Crippen LogP contribution in [0.4, 0.5) is 5.69 Å². The first-order valence-electron chi connectivity index (χ1n) is 7.44. The third kappa shape index (κ3) is 4.34. The van der Waals surface area contributed by atoms with E-state index in [0.29, 0.717) is 6.04 Å². The Morgan fingerprint density at radius 1 is 1.11 bits per heavy atom. The number of rotatable bonds is 5. The molecule has 0 spiro atoms. The monoisotopic (exact) mass is 246 g/mol. The molecule has 0 saturated heterocycles. The molecule has 1 aliphatic rings. The van der Waals surface area contributed by atoms with Gasteiger partial charge in [0.05, 0.1) is 0 Å². The van der Waals surface area contributed by atoms with Crippen LogP contribution in [0.1, 0.15) is 51.0 Å². The summed E-state index contributed by atoms with van der Waals surface area (Å²) in [5, 5.41) is 7.09. The zero-order valence-corrected chi connectivity index (χ0v) is 11.5. The van der Waals surface area contributed by atoms with Crippen molar-refractivity contribution in [1.29, 1.82) is 0 Å². The Balaban J connectivity index is 1.91. The van der Waals surface area contributed by atoms with Crippen LogP contribution in [0.5, 0.6) is 0 Å². The Morgan fingerprint density at radius 2 is 1.89 bits per heavy atom. The van der Waals surface area contributed by atoms with Gasteiger partial charge in [0.2, 0.25) is 0 Å². The SMILES string of the molecule is CCNCc1cccc(NC2CCCCCC2)c1. The van der Waals surface area contributed by atoms with Gasteiger partial charge in [0, 0.05) is 18.3 Å². The summed E-state index contributed by atoms with van der Waals surface area (Å²) in [4.78, 5) is 0. The predicted octanol–water partition coefficient (Wildman–Crippen LogP) is 3.93. The van der Waals surface area contributed by atoms with Crippen LogP contribution in [0.25, 0.3) is 0 Å². The summed E-state index contributed by atoms with van der Waals surface area (Å²) in [5.74, 6) is 0. The molecule has 0 bridgehead atoms. The number of benzene rings is 1. The van der Waals surface area contributed by atoms with Gasteiger partial charge in [0.15, 0.2) is 0 Å². The van der Waals surface area contributed by atoms with Crippen molar-refractivity contribution in [3.8, 4) is 0 Å². The van der Waals surface area contributed by atoms with Crippen LogP contribution < -0.4 is 10.6 Å². The molecule has 2 heteroatoms. The number of hydrogen-bond acceptors (Lipinski definition) is 2. The first-order chi connectivity index (χ1) is 8.88. The fraction of sp³-hybridized carbons (Fsp3) is 0.625. The average molecular weight is 246 g/mol. The van der Waals surface area contributed by atoms with Gasteiger partial charge in [-0.3, -0.25) is 0 Å². The molecule has 2 N–H and O–H groups in total.